The maximum Gasteiger partial charge on any atom is 0.303 e. The van der Waals surface area contributed by atoms with E-state index in [-0.39, 0.29) is 6.42 Å². The monoisotopic (exact) mass is 185 g/mol. The molecule has 3 heteroatoms. The molecule has 0 heterocycles. The van der Waals surface area contributed by atoms with Crippen LogP contribution in [-0.4, -0.2) is 23.7 Å². The second-order valence-corrected chi connectivity index (χ2v) is 3.15. The molecule has 0 saturated carbocycles. The second kappa shape index (κ2) is 7.80. The number of aliphatic carboxylic acids is 1. The van der Waals surface area contributed by atoms with Gasteiger partial charge in [-0.15, -0.1) is 0 Å². The second-order valence-electron chi connectivity index (χ2n) is 3.15. The van der Waals surface area contributed by atoms with Crippen molar-refractivity contribution in [3.8, 4) is 0 Å². The molecule has 13 heavy (non-hydrogen) atoms. The highest BCUT2D eigenvalue weighted by Gasteiger charge is 2.03. The van der Waals surface area contributed by atoms with Crippen molar-refractivity contribution >= 4 is 5.97 Å². The molecule has 0 aliphatic carbocycles. The van der Waals surface area contributed by atoms with Crippen molar-refractivity contribution in [1.29, 1.82) is 0 Å². The van der Waals surface area contributed by atoms with Crippen LogP contribution in [0.25, 0.3) is 0 Å². The fraction of sp³-hybridized carbons (Fsp3) is 0.700. The van der Waals surface area contributed by atoms with E-state index in [1.807, 2.05) is 19.9 Å². The summed E-state index contributed by atoms with van der Waals surface area (Å²) in [5.41, 5.74) is 0. The maximum absolute atomic E-state index is 10.2. The predicted octanol–water partition coefficient (Wildman–Crippen LogP) is 1.80. The molecule has 0 radical (unpaired) electrons. The number of allylic oxidation sites excluding steroid dienone is 1. The summed E-state index contributed by atoms with van der Waals surface area (Å²) in [5, 5.41) is 11.7. The van der Waals surface area contributed by atoms with Crippen molar-refractivity contribution in [1.82, 2.24) is 5.32 Å². The molecule has 0 amide bonds. The predicted molar refractivity (Wildman–Crippen MR) is 53.8 cm³/mol. The van der Waals surface area contributed by atoms with Crippen molar-refractivity contribution in [2.75, 3.05) is 6.54 Å². The number of carboxylic acid groups (broad SMARTS) is 1. The first-order chi connectivity index (χ1) is 6.16. The Bertz CT molecular complexity index is 166. The fourth-order valence-corrected chi connectivity index (χ4v) is 1.02. The number of rotatable bonds is 7. The first-order valence-electron chi connectivity index (χ1n) is 4.73. The number of carbonyl (C=O) groups is 1. The third kappa shape index (κ3) is 9.08. The third-order valence-corrected chi connectivity index (χ3v) is 1.83. The van der Waals surface area contributed by atoms with Gasteiger partial charge in [0.15, 0.2) is 0 Å². The molecule has 3 nitrogen and oxygen atoms in total. The number of carboxylic acids is 1. The maximum atomic E-state index is 10.2. The molecule has 0 aromatic heterocycles. The van der Waals surface area contributed by atoms with Crippen LogP contribution in [0.4, 0.5) is 0 Å². The van der Waals surface area contributed by atoms with Crippen LogP contribution < -0.4 is 5.32 Å². The minimum absolute atomic E-state index is 0.248. The van der Waals surface area contributed by atoms with Crippen LogP contribution >= 0.6 is 0 Å². The lowest BCUT2D eigenvalue weighted by Crippen LogP contribution is -2.27. The van der Waals surface area contributed by atoms with Crippen LogP contribution in [0.1, 0.15) is 33.1 Å². The van der Waals surface area contributed by atoms with Gasteiger partial charge in [-0.05, 0) is 33.2 Å². The van der Waals surface area contributed by atoms with Gasteiger partial charge in [0.25, 0.3) is 0 Å². The summed E-state index contributed by atoms with van der Waals surface area (Å²) in [6, 6.07) is 0.293. The lowest BCUT2D eigenvalue weighted by Gasteiger charge is -2.10. The molecule has 0 bridgehead atoms. The zero-order chi connectivity index (χ0) is 10.1. The highest BCUT2D eigenvalue weighted by molar-refractivity contribution is 5.66. The zero-order valence-corrected chi connectivity index (χ0v) is 8.42. The molecule has 1 atom stereocenters. The molecular weight excluding hydrogens is 166 g/mol. The van der Waals surface area contributed by atoms with Crippen molar-refractivity contribution in [3.05, 3.63) is 12.2 Å². The molecule has 0 aromatic carbocycles. The average molecular weight is 185 g/mol. The highest BCUT2D eigenvalue weighted by atomic mass is 16.4. The normalized spacial score (nSPS) is 13.4. The largest absolute Gasteiger partial charge is 0.481 e. The van der Waals surface area contributed by atoms with E-state index in [2.05, 4.69) is 11.4 Å². The van der Waals surface area contributed by atoms with E-state index in [4.69, 9.17) is 5.11 Å². The van der Waals surface area contributed by atoms with Crippen LogP contribution in [0.3, 0.4) is 0 Å². The van der Waals surface area contributed by atoms with Crippen molar-refractivity contribution in [2.45, 2.75) is 39.2 Å². The van der Waals surface area contributed by atoms with Crippen LogP contribution in [0.2, 0.25) is 0 Å². The summed E-state index contributed by atoms with van der Waals surface area (Å²) in [6.07, 6.45) is 6.07. The Kier molecular flexibility index (Phi) is 7.30. The van der Waals surface area contributed by atoms with Crippen molar-refractivity contribution in [3.63, 3.8) is 0 Å². The lowest BCUT2D eigenvalue weighted by molar-refractivity contribution is -0.137. The van der Waals surface area contributed by atoms with Gasteiger partial charge >= 0.3 is 5.97 Å². The molecule has 0 aromatic rings. The van der Waals surface area contributed by atoms with Gasteiger partial charge in [0, 0.05) is 12.5 Å². The van der Waals surface area contributed by atoms with E-state index in [1.165, 1.54) is 0 Å². The molecule has 0 rings (SSSR count). The van der Waals surface area contributed by atoms with Gasteiger partial charge in [-0.2, -0.15) is 0 Å². The molecule has 0 spiro atoms. The Balaban J connectivity index is 3.29. The molecule has 0 saturated heterocycles. The van der Waals surface area contributed by atoms with Crippen LogP contribution in [0.15, 0.2) is 12.2 Å². The van der Waals surface area contributed by atoms with E-state index < -0.39 is 5.97 Å². The molecule has 0 fully saturated rings. The van der Waals surface area contributed by atoms with Gasteiger partial charge in [0.2, 0.25) is 0 Å². The minimum Gasteiger partial charge on any atom is -0.481 e. The van der Waals surface area contributed by atoms with Gasteiger partial charge in [-0.1, -0.05) is 12.2 Å². The number of nitrogens with one attached hydrogen (secondary N) is 1. The van der Waals surface area contributed by atoms with Gasteiger partial charge in [-0.25, -0.2) is 0 Å². The third-order valence-electron chi connectivity index (χ3n) is 1.83. The first-order valence-corrected chi connectivity index (χ1v) is 4.73. The Hall–Kier alpha value is -0.830. The van der Waals surface area contributed by atoms with Gasteiger partial charge in [-0.3, -0.25) is 4.79 Å². The Morgan fingerprint density at radius 3 is 2.85 bits per heavy atom. The Morgan fingerprint density at radius 2 is 2.31 bits per heavy atom. The smallest absolute Gasteiger partial charge is 0.303 e. The van der Waals surface area contributed by atoms with Crippen molar-refractivity contribution in [2.24, 2.45) is 0 Å². The number of hydrogen-bond donors (Lipinski definition) is 2. The topological polar surface area (TPSA) is 49.3 Å². The van der Waals surface area contributed by atoms with Gasteiger partial charge in [0.05, 0.1) is 0 Å². The number of hydrogen-bond acceptors (Lipinski definition) is 2. The molecular formula is C10H19NO2. The quantitative estimate of drug-likeness (QED) is 0.469. The Labute approximate surface area is 79.8 Å². The SMILES string of the molecule is C/C=C/CCNC(C)CCC(=O)O. The summed E-state index contributed by atoms with van der Waals surface area (Å²) >= 11 is 0. The van der Waals surface area contributed by atoms with Crippen LogP contribution in [0, 0.1) is 0 Å². The summed E-state index contributed by atoms with van der Waals surface area (Å²) < 4.78 is 0. The summed E-state index contributed by atoms with van der Waals surface area (Å²) in [6.45, 7) is 4.93. The molecule has 76 valence electrons. The molecule has 1 unspecified atom stereocenters. The van der Waals surface area contributed by atoms with Crippen LogP contribution in [0.5, 0.6) is 0 Å². The van der Waals surface area contributed by atoms with E-state index in [1.54, 1.807) is 0 Å². The van der Waals surface area contributed by atoms with E-state index in [0.717, 1.165) is 13.0 Å². The lowest BCUT2D eigenvalue weighted by atomic mass is 10.2. The first kappa shape index (κ1) is 12.2. The summed E-state index contributed by atoms with van der Waals surface area (Å²) in [4.78, 5) is 10.2. The highest BCUT2D eigenvalue weighted by Crippen LogP contribution is 1.96. The van der Waals surface area contributed by atoms with Gasteiger partial charge in [0.1, 0.15) is 0 Å². The molecule has 0 aliphatic rings. The molecule has 0 aliphatic heterocycles. The van der Waals surface area contributed by atoms with E-state index in [0.29, 0.717) is 12.5 Å². The van der Waals surface area contributed by atoms with Crippen LogP contribution in [-0.2, 0) is 4.79 Å². The minimum atomic E-state index is -0.720. The van der Waals surface area contributed by atoms with E-state index >= 15 is 0 Å². The fourth-order valence-electron chi connectivity index (χ4n) is 1.02. The Morgan fingerprint density at radius 1 is 1.62 bits per heavy atom. The van der Waals surface area contributed by atoms with Gasteiger partial charge < -0.3 is 10.4 Å². The summed E-state index contributed by atoms with van der Waals surface area (Å²) in [5.74, 6) is -0.720. The average Bonchev–Trinajstić information content (AvgIpc) is 2.09. The zero-order valence-electron chi connectivity index (χ0n) is 8.42. The van der Waals surface area contributed by atoms with E-state index in [9.17, 15) is 4.79 Å². The van der Waals surface area contributed by atoms with Crippen molar-refractivity contribution < 1.29 is 9.90 Å². The summed E-state index contributed by atoms with van der Waals surface area (Å²) in [7, 11) is 0. The molecule has 2 N–H and O–H groups in total. The standard InChI is InChI=1S/C10H19NO2/c1-3-4-5-8-11-9(2)6-7-10(12)13/h3-4,9,11H,5-8H2,1-2H3,(H,12,13)/b4-3+.